The van der Waals surface area contributed by atoms with E-state index < -0.39 is 29.4 Å². The monoisotopic (exact) mass is 315 g/mol. The molecule has 0 fully saturated rings. The summed E-state index contributed by atoms with van der Waals surface area (Å²) < 4.78 is 39.4. The largest absolute Gasteiger partial charge is 0.573 e. The predicted molar refractivity (Wildman–Crippen MR) is 52.2 cm³/mol. The number of carboxylic acid groups (broad SMARTS) is 1. The molecule has 0 bridgehead atoms. The number of halogens is 4. The molecule has 0 saturated carbocycles. The smallest absolute Gasteiger partial charge is 0.505 e. The van der Waals surface area contributed by atoms with Crippen molar-refractivity contribution >= 4 is 21.9 Å². The van der Waals surface area contributed by atoms with Crippen molar-refractivity contribution in [2.24, 2.45) is 0 Å². The van der Waals surface area contributed by atoms with E-state index >= 15 is 0 Å². The Labute approximate surface area is 101 Å². The van der Waals surface area contributed by atoms with Crippen LogP contribution in [0.4, 0.5) is 13.2 Å². The van der Waals surface area contributed by atoms with Gasteiger partial charge in [-0.1, -0.05) is 15.9 Å². The first kappa shape index (κ1) is 13.6. The molecule has 17 heavy (non-hydrogen) atoms. The molecule has 1 heterocycles. The maximum atomic E-state index is 12.0. The van der Waals surface area contributed by atoms with Gasteiger partial charge in [-0.05, 0) is 0 Å². The predicted octanol–water partition coefficient (Wildman–Crippen LogP) is 2.28. The number of nitrogens with zero attached hydrogens (tertiary/aromatic N) is 1. The number of carboxylic acids is 1. The van der Waals surface area contributed by atoms with Gasteiger partial charge in [-0.2, -0.15) is 0 Å². The van der Waals surface area contributed by atoms with Gasteiger partial charge in [0.15, 0.2) is 11.5 Å². The van der Waals surface area contributed by atoms with Crippen LogP contribution < -0.4 is 4.74 Å². The molecular formula is C8H5BrF3NO4. The zero-order valence-corrected chi connectivity index (χ0v) is 9.54. The first-order valence-electron chi connectivity index (χ1n) is 4.02. The number of aromatic nitrogens is 1. The minimum Gasteiger partial charge on any atom is -0.505 e. The molecule has 0 aliphatic carbocycles. The molecule has 0 unspecified atom stereocenters. The number of rotatable bonds is 3. The van der Waals surface area contributed by atoms with Crippen LogP contribution in [0.1, 0.15) is 16.1 Å². The van der Waals surface area contributed by atoms with Crippen LogP contribution in [0.3, 0.4) is 0 Å². The van der Waals surface area contributed by atoms with Crippen LogP contribution in [0.15, 0.2) is 6.20 Å². The molecule has 2 N–H and O–H groups in total. The van der Waals surface area contributed by atoms with Gasteiger partial charge in [-0.25, -0.2) is 4.79 Å². The third kappa shape index (κ3) is 3.22. The summed E-state index contributed by atoms with van der Waals surface area (Å²) in [4.78, 5) is 14.2. The molecule has 0 atom stereocenters. The lowest BCUT2D eigenvalue weighted by Gasteiger charge is -2.12. The first-order valence-corrected chi connectivity index (χ1v) is 5.14. The molecule has 94 valence electrons. The molecule has 9 heteroatoms. The zero-order valence-electron chi connectivity index (χ0n) is 7.95. The number of pyridine rings is 1. The van der Waals surface area contributed by atoms with Crippen molar-refractivity contribution in [3.05, 3.63) is 17.5 Å². The Morgan fingerprint density at radius 2 is 2.12 bits per heavy atom. The van der Waals surface area contributed by atoms with Gasteiger partial charge in [-0.15, -0.1) is 13.2 Å². The molecule has 0 aliphatic heterocycles. The maximum Gasteiger partial charge on any atom is 0.573 e. The van der Waals surface area contributed by atoms with Gasteiger partial charge in [0, 0.05) is 5.33 Å². The number of hydrogen-bond acceptors (Lipinski definition) is 4. The van der Waals surface area contributed by atoms with Crippen LogP contribution >= 0.6 is 15.9 Å². The Morgan fingerprint density at radius 3 is 2.53 bits per heavy atom. The van der Waals surface area contributed by atoms with Crippen molar-refractivity contribution in [1.82, 2.24) is 4.98 Å². The molecule has 0 radical (unpaired) electrons. The molecule has 1 aromatic rings. The fraction of sp³-hybridized carbons (Fsp3) is 0.250. The van der Waals surface area contributed by atoms with Crippen LogP contribution in [-0.4, -0.2) is 27.5 Å². The lowest BCUT2D eigenvalue weighted by molar-refractivity contribution is -0.274. The lowest BCUT2D eigenvalue weighted by atomic mass is 10.2. The molecule has 0 saturated heterocycles. The van der Waals surface area contributed by atoms with Gasteiger partial charge in [0.05, 0.1) is 11.9 Å². The van der Waals surface area contributed by atoms with E-state index in [9.17, 15) is 23.1 Å². The van der Waals surface area contributed by atoms with Gasteiger partial charge in [0.2, 0.25) is 0 Å². The molecule has 0 aliphatic rings. The van der Waals surface area contributed by atoms with Gasteiger partial charge in [-0.3, -0.25) is 4.98 Å². The topological polar surface area (TPSA) is 79.7 Å². The highest BCUT2D eigenvalue weighted by atomic mass is 79.9. The molecule has 0 aromatic carbocycles. The average molecular weight is 316 g/mol. The van der Waals surface area contributed by atoms with E-state index in [1.165, 1.54) is 0 Å². The van der Waals surface area contributed by atoms with E-state index in [-0.39, 0.29) is 11.0 Å². The number of hydrogen-bond donors (Lipinski definition) is 2. The minimum absolute atomic E-state index is 0.00852. The van der Waals surface area contributed by atoms with E-state index in [2.05, 4.69) is 25.7 Å². The van der Waals surface area contributed by atoms with E-state index in [0.717, 1.165) is 0 Å². The fourth-order valence-corrected chi connectivity index (χ4v) is 1.44. The zero-order chi connectivity index (χ0) is 13.2. The lowest BCUT2D eigenvalue weighted by Crippen LogP contribution is -2.19. The highest BCUT2D eigenvalue weighted by Gasteiger charge is 2.34. The van der Waals surface area contributed by atoms with Crippen molar-refractivity contribution in [1.29, 1.82) is 0 Å². The Bertz CT molecular complexity index is 449. The summed E-state index contributed by atoms with van der Waals surface area (Å²) >= 11 is 2.90. The Hall–Kier alpha value is -1.51. The van der Waals surface area contributed by atoms with Crippen LogP contribution in [0.25, 0.3) is 0 Å². The summed E-state index contributed by atoms with van der Waals surface area (Å²) in [7, 11) is 0. The Kier molecular flexibility index (Phi) is 3.81. The van der Waals surface area contributed by atoms with Gasteiger partial charge in [0.1, 0.15) is 5.56 Å². The number of alkyl halides is 4. The van der Waals surface area contributed by atoms with Crippen molar-refractivity contribution in [3.8, 4) is 11.5 Å². The minimum atomic E-state index is -5.06. The van der Waals surface area contributed by atoms with E-state index in [0.29, 0.717) is 6.20 Å². The number of ether oxygens (including phenoxy) is 1. The summed E-state index contributed by atoms with van der Waals surface area (Å²) in [6, 6.07) is 0. The van der Waals surface area contributed by atoms with Crippen molar-refractivity contribution in [3.63, 3.8) is 0 Å². The highest BCUT2D eigenvalue weighted by Crippen LogP contribution is 2.33. The summed E-state index contributed by atoms with van der Waals surface area (Å²) in [5.41, 5.74) is -1.08. The molecule has 0 spiro atoms. The summed E-state index contributed by atoms with van der Waals surface area (Å²) in [6.45, 7) is 0. The third-order valence-corrected chi connectivity index (χ3v) is 2.19. The second-order valence-electron chi connectivity index (χ2n) is 2.78. The normalized spacial score (nSPS) is 11.3. The van der Waals surface area contributed by atoms with Crippen LogP contribution in [0.2, 0.25) is 0 Å². The fourth-order valence-electron chi connectivity index (χ4n) is 1.03. The maximum absolute atomic E-state index is 12.0. The number of aromatic carboxylic acids is 1. The van der Waals surface area contributed by atoms with Crippen molar-refractivity contribution in [2.75, 3.05) is 0 Å². The second kappa shape index (κ2) is 4.78. The van der Waals surface area contributed by atoms with E-state index in [1.54, 1.807) is 0 Å². The van der Waals surface area contributed by atoms with E-state index in [4.69, 9.17) is 5.11 Å². The van der Waals surface area contributed by atoms with Gasteiger partial charge in [0.25, 0.3) is 0 Å². The van der Waals surface area contributed by atoms with Gasteiger partial charge >= 0.3 is 12.3 Å². The van der Waals surface area contributed by atoms with Crippen LogP contribution in [0.5, 0.6) is 11.5 Å². The average Bonchev–Trinajstić information content (AvgIpc) is 2.14. The SMILES string of the molecule is O=C(O)c1c(OC(F)(F)F)cnc(CBr)c1O. The molecule has 1 rings (SSSR count). The molecule has 5 nitrogen and oxygen atoms in total. The Balaban J connectivity index is 3.32. The van der Waals surface area contributed by atoms with Crippen molar-refractivity contribution < 1.29 is 32.9 Å². The Morgan fingerprint density at radius 1 is 1.53 bits per heavy atom. The molecule has 1 aromatic heterocycles. The van der Waals surface area contributed by atoms with E-state index in [1.807, 2.05) is 0 Å². The van der Waals surface area contributed by atoms with Gasteiger partial charge < -0.3 is 14.9 Å². The quantitative estimate of drug-likeness (QED) is 0.836. The summed E-state index contributed by atoms with van der Waals surface area (Å²) in [6.07, 6.45) is -4.47. The molecular weight excluding hydrogens is 311 g/mol. The number of carbonyl (C=O) groups is 1. The standard InChI is InChI=1S/C8H5BrF3NO4/c9-1-3-6(14)5(7(15)16)4(2-13-3)17-8(10,11)12/h2,14H,1H2,(H,15,16). The summed E-state index contributed by atoms with van der Waals surface area (Å²) in [5, 5.41) is 18.1. The first-order chi connectivity index (χ1) is 7.76. The molecule has 0 amide bonds. The van der Waals surface area contributed by atoms with Crippen LogP contribution in [0, 0.1) is 0 Å². The third-order valence-electron chi connectivity index (χ3n) is 1.66. The second-order valence-corrected chi connectivity index (χ2v) is 3.34. The van der Waals surface area contributed by atoms with Crippen LogP contribution in [-0.2, 0) is 5.33 Å². The number of aromatic hydroxyl groups is 1. The highest BCUT2D eigenvalue weighted by molar-refractivity contribution is 9.08. The van der Waals surface area contributed by atoms with Crippen molar-refractivity contribution in [2.45, 2.75) is 11.7 Å². The summed E-state index contributed by atoms with van der Waals surface area (Å²) in [5.74, 6) is -3.67.